The maximum atomic E-state index is 12.1. The zero-order valence-electron chi connectivity index (χ0n) is 16.7. The Bertz CT molecular complexity index is 931. The Morgan fingerprint density at radius 3 is 2.45 bits per heavy atom. The van der Waals surface area contributed by atoms with Crippen LogP contribution in [0.3, 0.4) is 0 Å². The topological polar surface area (TPSA) is 81.9 Å². The van der Waals surface area contributed by atoms with Gasteiger partial charge in [0.05, 0.1) is 11.6 Å². The van der Waals surface area contributed by atoms with Gasteiger partial charge in [0.1, 0.15) is 10.5 Å². The number of amides is 1. The Kier molecular flexibility index (Phi) is 5.74. The fraction of sp³-hybridized carbons (Fsp3) is 0.333. The second-order valence-corrected chi connectivity index (χ2v) is 9.93. The largest absolute Gasteiger partial charge is 0.455 e. The van der Waals surface area contributed by atoms with Crippen molar-refractivity contribution < 1.29 is 19.1 Å². The molecule has 2 heterocycles. The van der Waals surface area contributed by atoms with Crippen molar-refractivity contribution in [2.24, 2.45) is 11.1 Å². The third-order valence-corrected chi connectivity index (χ3v) is 5.87. The Hall–Kier alpha value is -2.38. The smallest absolute Gasteiger partial charge is 0.312 e. The third kappa shape index (κ3) is 4.79. The molecule has 1 amide bonds. The second kappa shape index (κ2) is 7.80. The van der Waals surface area contributed by atoms with Crippen LogP contribution in [0.4, 0.5) is 0 Å². The van der Waals surface area contributed by atoms with Crippen LogP contribution in [-0.2, 0) is 14.3 Å². The molecule has 154 valence electrons. The first-order valence-electron chi connectivity index (χ1n) is 9.00. The van der Waals surface area contributed by atoms with Gasteiger partial charge in [0, 0.05) is 21.7 Å². The summed E-state index contributed by atoms with van der Waals surface area (Å²) in [4.78, 5) is 26.6. The van der Waals surface area contributed by atoms with Gasteiger partial charge in [-0.25, -0.2) is 0 Å². The summed E-state index contributed by atoms with van der Waals surface area (Å²) in [5, 5.41) is 0.600. The fourth-order valence-corrected chi connectivity index (χ4v) is 3.93. The van der Waals surface area contributed by atoms with Crippen LogP contribution < -0.4 is 10.5 Å². The lowest BCUT2D eigenvalue weighted by Gasteiger charge is -2.26. The number of hydrogen-bond acceptors (Lipinski definition) is 6. The number of carbonyl (C=O) groups is 2. The molecule has 0 aromatic heterocycles. The Morgan fingerprint density at radius 1 is 1.21 bits per heavy atom. The van der Waals surface area contributed by atoms with Crippen LogP contribution >= 0.6 is 23.4 Å². The van der Waals surface area contributed by atoms with Gasteiger partial charge in [0.25, 0.3) is 0 Å². The molecular weight excluding hydrogens is 412 g/mol. The van der Waals surface area contributed by atoms with Crippen molar-refractivity contribution in [3.05, 3.63) is 64.0 Å². The molecular formula is C21H23ClN2O4S. The van der Waals surface area contributed by atoms with Crippen molar-refractivity contribution in [2.45, 2.75) is 32.4 Å². The van der Waals surface area contributed by atoms with Gasteiger partial charge in [-0.2, -0.15) is 0 Å². The predicted molar refractivity (Wildman–Crippen MR) is 114 cm³/mol. The Labute approximate surface area is 179 Å². The van der Waals surface area contributed by atoms with E-state index in [0.717, 1.165) is 10.5 Å². The minimum absolute atomic E-state index is 0.0220. The van der Waals surface area contributed by atoms with Crippen LogP contribution in [0.25, 0.3) is 0 Å². The molecule has 1 aromatic carbocycles. The van der Waals surface area contributed by atoms with Gasteiger partial charge >= 0.3 is 5.97 Å². The molecule has 29 heavy (non-hydrogen) atoms. The molecule has 2 aliphatic rings. The SMILES string of the molecule is CC(C)(C)C(=O)OCN1C=C(Oc2ccc(Cl)cc2)C2=CC(C)(C(N)=O)SC2=C1. The standard InChI is InChI=1S/C21H23ClN2O4S/c1-20(2,3)19(26)27-12-24-10-16(28-14-7-5-13(22)6-8-14)15-9-21(4,18(23)25)29-17(15)11-24/h5-11H,12H2,1-4H3,(H2,23,25). The van der Waals surface area contributed by atoms with E-state index in [0.29, 0.717) is 16.5 Å². The molecule has 6 nitrogen and oxygen atoms in total. The number of rotatable bonds is 5. The van der Waals surface area contributed by atoms with Gasteiger partial charge in [-0.15, -0.1) is 11.8 Å². The summed E-state index contributed by atoms with van der Waals surface area (Å²) in [5.41, 5.74) is 5.76. The minimum atomic E-state index is -0.887. The Balaban J connectivity index is 1.88. The normalized spacial score (nSPS) is 21.0. The zero-order valence-corrected chi connectivity index (χ0v) is 18.3. The lowest BCUT2D eigenvalue weighted by molar-refractivity contribution is -0.155. The maximum Gasteiger partial charge on any atom is 0.312 e. The van der Waals surface area contributed by atoms with Gasteiger partial charge in [-0.3, -0.25) is 9.59 Å². The number of benzene rings is 1. The average Bonchev–Trinajstić information content (AvgIpc) is 2.99. The quantitative estimate of drug-likeness (QED) is 0.700. The molecule has 1 atom stereocenters. The fourth-order valence-electron chi connectivity index (χ4n) is 2.61. The summed E-state index contributed by atoms with van der Waals surface area (Å²) in [6.45, 7) is 7.16. The number of nitrogens with two attached hydrogens (primary N) is 1. The average molecular weight is 435 g/mol. The first-order valence-corrected chi connectivity index (χ1v) is 10.2. The Morgan fingerprint density at radius 2 is 1.86 bits per heavy atom. The van der Waals surface area contributed by atoms with Crippen molar-refractivity contribution in [1.82, 2.24) is 4.90 Å². The predicted octanol–water partition coefficient (Wildman–Crippen LogP) is 4.18. The zero-order chi connectivity index (χ0) is 21.4. The molecule has 1 aromatic rings. The molecule has 0 radical (unpaired) electrons. The van der Waals surface area contributed by atoms with E-state index >= 15 is 0 Å². The van der Waals surface area contributed by atoms with E-state index in [2.05, 4.69) is 0 Å². The third-order valence-electron chi connectivity index (χ3n) is 4.33. The molecule has 0 spiro atoms. The number of esters is 1. The van der Waals surface area contributed by atoms with Gasteiger partial charge < -0.3 is 20.1 Å². The monoisotopic (exact) mass is 434 g/mol. The van der Waals surface area contributed by atoms with E-state index in [9.17, 15) is 9.59 Å². The van der Waals surface area contributed by atoms with Crippen LogP contribution in [0.1, 0.15) is 27.7 Å². The van der Waals surface area contributed by atoms with Crippen LogP contribution in [-0.4, -0.2) is 28.3 Å². The number of ether oxygens (including phenoxy) is 2. The molecule has 0 saturated carbocycles. The highest BCUT2D eigenvalue weighted by Gasteiger charge is 2.41. The summed E-state index contributed by atoms with van der Waals surface area (Å²) in [5.74, 6) is 0.356. The number of hydrogen-bond donors (Lipinski definition) is 1. The first-order chi connectivity index (χ1) is 13.5. The molecule has 1 unspecified atom stereocenters. The molecule has 8 heteroatoms. The molecule has 0 aliphatic carbocycles. The second-order valence-electron chi connectivity index (χ2n) is 8.00. The number of primary amides is 1. The number of nitrogens with zero attached hydrogens (tertiary/aromatic N) is 1. The van der Waals surface area contributed by atoms with Crippen LogP contribution in [0.5, 0.6) is 5.75 Å². The lowest BCUT2D eigenvalue weighted by Crippen LogP contribution is -2.34. The molecule has 3 rings (SSSR count). The van der Waals surface area contributed by atoms with E-state index in [4.69, 9.17) is 26.8 Å². The van der Waals surface area contributed by atoms with Crippen molar-refractivity contribution >= 4 is 35.2 Å². The van der Waals surface area contributed by atoms with Crippen LogP contribution in [0, 0.1) is 5.41 Å². The van der Waals surface area contributed by atoms with E-state index in [1.807, 2.05) is 6.20 Å². The maximum absolute atomic E-state index is 12.1. The van der Waals surface area contributed by atoms with E-state index in [1.54, 1.807) is 69.1 Å². The molecule has 0 bridgehead atoms. The van der Waals surface area contributed by atoms with Gasteiger partial charge in [0.2, 0.25) is 5.91 Å². The number of allylic oxidation sites excluding steroid dienone is 1. The summed E-state index contributed by atoms with van der Waals surface area (Å²) < 4.78 is 10.6. The van der Waals surface area contributed by atoms with Gasteiger partial charge in [0.15, 0.2) is 12.5 Å². The number of carbonyl (C=O) groups excluding carboxylic acids is 2. The number of fused-ring (bicyclic) bond motifs is 1. The summed E-state index contributed by atoms with van der Waals surface area (Å²) in [6.07, 6.45) is 5.34. The molecule has 0 fully saturated rings. The summed E-state index contributed by atoms with van der Waals surface area (Å²) >= 11 is 7.28. The first kappa shape index (κ1) is 21.3. The number of thioether (sulfide) groups is 1. The van der Waals surface area contributed by atoms with Gasteiger partial charge in [-0.1, -0.05) is 11.6 Å². The highest BCUT2D eigenvalue weighted by atomic mass is 35.5. The van der Waals surface area contributed by atoms with Gasteiger partial charge in [-0.05, 0) is 58.0 Å². The number of halogens is 1. The molecule has 2 aliphatic heterocycles. The van der Waals surface area contributed by atoms with E-state index in [1.165, 1.54) is 11.8 Å². The van der Waals surface area contributed by atoms with Crippen molar-refractivity contribution in [3.8, 4) is 5.75 Å². The van der Waals surface area contributed by atoms with E-state index < -0.39 is 16.1 Å². The summed E-state index contributed by atoms with van der Waals surface area (Å²) in [6, 6.07) is 6.96. The molecule has 2 N–H and O–H groups in total. The van der Waals surface area contributed by atoms with E-state index in [-0.39, 0.29) is 12.7 Å². The van der Waals surface area contributed by atoms with Crippen LogP contribution in [0.15, 0.2) is 59.0 Å². The molecule has 0 saturated heterocycles. The van der Waals surface area contributed by atoms with Crippen LogP contribution in [0.2, 0.25) is 5.02 Å². The van der Waals surface area contributed by atoms with Crippen molar-refractivity contribution in [2.75, 3.05) is 6.73 Å². The van der Waals surface area contributed by atoms with Crippen molar-refractivity contribution in [1.29, 1.82) is 0 Å². The lowest BCUT2D eigenvalue weighted by atomic mass is 9.97. The summed E-state index contributed by atoms with van der Waals surface area (Å²) in [7, 11) is 0. The minimum Gasteiger partial charge on any atom is -0.455 e. The van der Waals surface area contributed by atoms with Crippen molar-refractivity contribution in [3.63, 3.8) is 0 Å². The highest BCUT2D eigenvalue weighted by molar-refractivity contribution is 8.05. The highest BCUT2D eigenvalue weighted by Crippen LogP contribution is 2.49.